The summed E-state index contributed by atoms with van der Waals surface area (Å²) in [6.07, 6.45) is 1.41. The zero-order chi connectivity index (χ0) is 11.5. The summed E-state index contributed by atoms with van der Waals surface area (Å²) in [4.78, 5) is 0.367. The van der Waals surface area contributed by atoms with Crippen LogP contribution in [0.5, 0.6) is 0 Å². The van der Waals surface area contributed by atoms with Crippen molar-refractivity contribution in [2.75, 3.05) is 5.75 Å². The molecule has 0 aromatic heterocycles. The van der Waals surface area contributed by atoms with Crippen molar-refractivity contribution < 1.29 is 8.42 Å². The molecular weight excluding hydrogens is 208 g/mol. The Kier molecular flexibility index (Phi) is 3.69. The molecule has 0 unspecified atom stereocenters. The first-order valence-electron chi connectivity index (χ1n) is 4.91. The summed E-state index contributed by atoms with van der Waals surface area (Å²) >= 11 is 0. The van der Waals surface area contributed by atoms with E-state index in [1.54, 1.807) is 12.1 Å². The predicted octanol–water partition coefficient (Wildman–Crippen LogP) is 2.77. The molecule has 3 heteroatoms. The Balaban J connectivity index is 3.04. The number of rotatable bonds is 4. The number of hydrogen-bond donors (Lipinski definition) is 0. The lowest BCUT2D eigenvalue weighted by atomic mass is 10.0. The normalized spacial score (nSPS) is 11.7. The van der Waals surface area contributed by atoms with Gasteiger partial charge >= 0.3 is 0 Å². The number of benzene rings is 1. The number of sulfone groups is 1. The van der Waals surface area contributed by atoms with E-state index in [-0.39, 0.29) is 5.75 Å². The monoisotopic (exact) mass is 224 g/mol. The topological polar surface area (TPSA) is 34.1 Å². The van der Waals surface area contributed by atoms with Crippen LogP contribution in [0.25, 0.3) is 0 Å². The maximum atomic E-state index is 11.6. The Bertz CT molecular complexity index is 427. The van der Waals surface area contributed by atoms with Crippen LogP contribution in [0.2, 0.25) is 0 Å². The second-order valence-electron chi connectivity index (χ2n) is 3.79. The molecule has 0 aliphatic heterocycles. The van der Waals surface area contributed by atoms with E-state index >= 15 is 0 Å². The molecule has 82 valence electrons. The molecule has 0 bridgehead atoms. The van der Waals surface area contributed by atoms with Crippen LogP contribution in [0.4, 0.5) is 0 Å². The van der Waals surface area contributed by atoms with Crippen LogP contribution in [0, 0.1) is 0 Å². The van der Waals surface area contributed by atoms with Gasteiger partial charge in [-0.05, 0) is 23.6 Å². The molecule has 0 saturated carbocycles. The Labute approximate surface area is 91.6 Å². The van der Waals surface area contributed by atoms with Crippen molar-refractivity contribution in [1.82, 2.24) is 0 Å². The fourth-order valence-corrected chi connectivity index (χ4v) is 2.36. The van der Waals surface area contributed by atoms with E-state index in [2.05, 4.69) is 20.4 Å². The molecule has 0 spiro atoms. The quantitative estimate of drug-likeness (QED) is 0.737. The summed E-state index contributed by atoms with van der Waals surface area (Å²) in [7, 11) is -3.17. The molecule has 2 nitrogen and oxygen atoms in total. The second-order valence-corrected chi connectivity index (χ2v) is 5.83. The lowest BCUT2D eigenvalue weighted by Crippen LogP contribution is -2.04. The van der Waals surface area contributed by atoms with Crippen LogP contribution in [0.15, 0.2) is 41.8 Å². The first-order chi connectivity index (χ1) is 6.97. The Morgan fingerprint density at radius 2 is 1.80 bits per heavy atom. The molecule has 0 atom stereocenters. The molecule has 1 aromatic carbocycles. The van der Waals surface area contributed by atoms with Gasteiger partial charge in [0, 0.05) is 0 Å². The van der Waals surface area contributed by atoms with Crippen LogP contribution in [0.3, 0.4) is 0 Å². The second kappa shape index (κ2) is 4.62. The first kappa shape index (κ1) is 12.0. The van der Waals surface area contributed by atoms with Crippen LogP contribution in [-0.2, 0) is 9.84 Å². The van der Waals surface area contributed by atoms with Gasteiger partial charge in [-0.15, -0.1) is 6.58 Å². The summed E-state index contributed by atoms with van der Waals surface area (Å²) in [5, 5.41) is 0. The van der Waals surface area contributed by atoms with Crippen molar-refractivity contribution in [3.8, 4) is 0 Å². The first-order valence-corrected chi connectivity index (χ1v) is 6.56. The molecule has 0 aliphatic rings. The Hall–Kier alpha value is -1.09. The van der Waals surface area contributed by atoms with Crippen molar-refractivity contribution in [3.05, 3.63) is 42.5 Å². The third-order valence-corrected chi connectivity index (χ3v) is 3.91. The van der Waals surface area contributed by atoms with Gasteiger partial charge in [-0.2, -0.15) is 0 Å². The zero-order valence-electron chi connectivity index (χ0n) is 9.10. The minimum absolute atomic E-state index is 0.00593. The van der Waals surface area contributed by atoms with Gasteiger partial charge in [0.05, 0.1) is 10.6 Å². The molecule has 0 fully saturated rings. The molecule has 0 radical (unpaired) electrons. The van der Waals surface area contributed by atoms with Gasteiger partial charge in [-0.3, -0.25) is 0 Å². The molecule has 1 aromatic rings. The highest BCUT2D eigenvalue weighted by molar-refractivity contribution is 7.91. The van der Waals surface area contributed by atoms with E-state index < -0.39 is 9.84 Å². The van der Waals surface area contributed by atoms with Gasteiger partial charge in [0.25, 0.3) is 0 Å². The predicted molar refractivity (Wildman–Crippen MR) is 62.8 cm³/mol. The summed E-state index contributed by atoms with van der Waals surface area (Å²) in [5.74, 6) is 0.412. The van der Waals surface area contributed by atoms with Crippen molar-refractivity contribution in [3.63, 3.8) is 0 Å². The minimum Gasteiger partial charge on any atom is -0.223 e. The molecule has 0 saturated heterocycles. The van der Waals surface area contributed by atoms with Gasteiger partial charge in [0.15, 0.2) is 9.84 Å². The molecular formula is C12H16O2S. The van der Waals surface area contributed by atoms with E-state index in [4.69, 9.17) is 0 Å². The molecule has 15 heavy (non-hydrogen) atoms. The summed E-state index contributed by atoms with van der Waals surface area (Å²) in [5.41, 5.74) is 1.15. The largest absolute Gasteiger partial charge is 0.223 e. The summed E-state index contributed by atoms with van der Waals surface area (Å²) < 4.78 is 23.3. The lowest BCUT2D eigenvalue weighted by Gasteiger charge is -2.06. The maximum absolute atomic E-state index is 11.6. The van der Waals surface area contributed by atoms with Crippen LogP contribution in [-0.4, -0.2) is 14.2 Å². The third kappa shape index (κ3) is 2.93. The fourth-order valence-electron chi connectivity index (χ4n) is 1.31. The van der Waals surface area contributed by atoms with Crippen molar-refractivity contribution in [1.29, 1.82) is 0 Å². The Morgan fingerprint density at radius 1 is 1.27 bits per heavy atom. The molecule has 0 heterocycles. The van der Waals surface area contributed by atoms with E-state index in [1.165, 1.54) is 6.08 Å². The average Bonchev–Trinajstić information content (AvgIpc) is 2.18. The third-order valence-electron chi connectivity index (χ3n) is 2.24. The maximum Gasteiger partial charge on any atom is 0.181 e. The summed E-state index contributed by atoms with van der Waals surface area (Å²) in [6, 6.07) is 7.05. The van der Waals surface area contributed by atoms with E-state index in [1.807, 2.05) is 12.1 Å². The highest BCUT2D eigenvalue weighted by Crippen LogP contribution is 2.18. The molecule has 0 N–H and O–H groups in total. The molecule has 0 aliphatic carbocycles. The van der Waals surface area contributed by atoms with Crippen molar-refractivity contribution >= 4 is 9.84 Å². The Morgan fingerprint density at radius 3 is 2.20 bits per heavy atom. The minimum atomic E-state index is -3.17. The van der Waals surface area contributed by atoms with E-state index in [9.17, 15) is 8.42 Å². The summed E-state index contributed by atoms with van der Waals surface area (Å²) in [6.45, 7) is 7.59. The van der Waals surface area contributed by atoms with E-state index in [0.29, 0.717) is 10.8 Å². The average molecular weight is 224 g/mol. The van der Waals surface area contributed by atoms with Gasteiger partial charge in [-0.1, -0.05) is 32.1 Å². The number of hydrogen-bond acceptors (Lipinski definition) is 2. The zero-order valence-corrected chi connectivity index (χ0v) is 9.92. The highest BCUT2D eigenvalue weighted by atomic mass is 32.2. The van der Waals surface area contributed by atoms with Gasteiger partial charge < -0.3 is 0 Å². The van der Waals surface area contributed by atoms with Crippen LogP contribution >= 0.6 is 0 Å². The van der Waals surface area contributed by atoms with Crippen LogP contribution in [0.1, 0.15) is 25.3 Å². The fraction of sp³-hybridized carbons (Fsp3) is 0.333. The molecule has 0 amide bonds. The van der Waals surface area contributed by atoms with Crippen LogP contribution < -0.4 is 0 Å². The van der Waals surface area contributed by atoms with Crippen molar-refractivity contribution in [2.45, 2.75) is 24.7 Å². The molecule has 1 rings (SSSR count). The van der Waals surface area contributed by atoms with Gasteiger partial charge in [0.1, 0.15) is 0 Å². The van der Waals surface area contributed by atoms with Gasteiger partial charge in [-0.25, -0.2) is 8.42 Å². The standard InChI is InChI=1S/C12H16O2S/c1-4-9-15(13,14)12-7-5-11(6-8-12)10(2)3/h4-8,10H,1,9H2,2-3H3. The van der Waals surface area contributed by atoms with Gasteiger partial charge in [0.2, 0.25) is 0 Å². The highest BCUT2D eigenvalue weighted by Gasteiger charge is 2.11. The van der Waals surface area contributed by atoms with Crippen molar-refractivity contribution in [2.24, 2.45) is 0 Å². The SMILES string of the molecule is C=CCS(=O)(=O)c1ccc(C(C)C)cc1. The van der Waals surface area contributed by atoms with E-state index in [0.717, 1.165) is 5.56 Å². The smallest absolute Gasteiger partial charge is 0.181 e. The lowest BCUT2D eigenvalue weighted by molar-refractivity contribution is 0.599.